The first-order chi connectivity index (χ1) is 14.5. The summed E-state index contributed by atoms with van der Waals surface area (Å²) in [5.74, 6) is -0.208. The zero-order valence-electron chi connectivity index (χ0n) is 16.1. The van der Waals surface area contributed by atoms with Crippen LogP contribution in [-0.2, 0) is 6.42 Å². The van der Waals surface area contributed by atoms with Gasteiger partial charge >= 0.3 is 5.97 Å². The van der Waals surface area contributed by atoms with Crippen LogP contribution in [0.4, 0.5) is 5.82 Å². The summed E-state index contributed by atoms with van der Waals surface area (Å²) in [7, 11) is 0. The first-order valence-electron chi connectivity index (χ1n) is 9.18. The van der Waals surface area contributed by atoms with Gasteiger partial charge in [-0.3, -0.25) is 0 Å². The number of halogens is 1. The van der Waals surface area contributed by atoms with Crippen molar-refractivity contribution in [1.82, 2.24) is 9.97 Å². The molecule has 4 aromatic rings. The van der Waals surface area contributed by atoms with Gasteiger partial charge in [0.2, 0.25) is 0 Å². The highest BCUT2D eigenvalue weighted by Gasteiger charge is 2.12. The Labute approximate surface area is 187 Å². The number of carboxylic acids is 1. The number of anilines is 1. The third-order valence-corrected chi connectivity index (χ3v) is 6.89. The highest BCUT2D eigenvalue weighted by Crippen LogP contribution is 2.31. The summed E-state index contributed by atoms with van der Waals surface area (Å²) in [6, 6.07) is 13.5. The second kappa shape index (κ2) is 9.04. The van der Waals surface area contributed by atoms with Crippen LogP contribution in [-0.4, -0.2) is 33.8 Å². The van der Waals surface area contributed by atoms with Crippen LogP contribution in [0, 0.1) is 0 Å². The van der Waals surface area contributed by atoms with Crippen molar-refractivity contribution in [2.24, 2.45) is 0 Å². The van der Waals surface area contributed by atoms with E-state index >= 15 is 0 Å². The predicted octanol–water partition coefficient (Wildman–Crippen LogP) is 6.09. The minimum atomic E-state index is -0.933. The third-order valence-electron chi connectivity index (χ3n) is 4.71. The summed E-state index contributed by atoms with van der Waals surface area (Å²) in [4.78, 5) is 20.7. The standard InChI is InChI=1S/C22H18ClN3O2S2/c1-29-20-9-14(3-4-15(20)22(27)28)18-10-21(26-12-25-18)24-7-6-13-2-5-19-16(8-13)17(23)11-30-19/h2-5,8-12H,6-7H2,1H3,(H,27,28)(H,24,25,26). The van der Waals surface area contributed by atoms with Gasteiger partial charge in [-0.25, -0.2) is 14.8 Å². The maximum Gasteiger partial charge on any atom is 0.336 e. The van der Waals surface area contributed by atoms with Crippen LogP contribution in [0.15, 0.2) is 59.1 Å². The van der Waals surface area contributed by atoms with Crippen LogP contribution in [0.1, 0.15) is 15.9 Å². The number of aromatic carboxylic acids is 1. The average Bonchev–Trinajstić information content (AvgIpc) is 3.13. The SMILES string of the molecule is CSc1cc(-c2cc(NCCc3ccc4scc(Cl)c4c3)ncn2)ccc1C(=O)O. The van der Waals surface area contributed by atoms with Gasteiger partial charge in [-0.05, 0) is 42.5 Å². The van der Waals surface area contributed by atoms with Crippen molar-refractivity contribution in [2.75, 3.05) is 18.1 Å². The first kappa shape index (κ1) is 20.7. The number of hydrogen-bond donors (Lipinski definition) is 2. The molecule has 0 bridgehead atoms. The number of aromatic nitrogens is 2. The van der Waals surface area contributed by atoms with Gasteiger partial charge in [0.15, 0.2) is 0 Å². The van der Waals surface area contributed by atoms with E-state index in [4.69, 9.17) is 11.6 Å². The molecular weight excluding hydrogens is 438 g/mol. The topological polar surface area (TPSA) is 75.1 Å². The van der Waals surface area contributed by atoms with Gasteiger partial charge < -0.3 is 10.4 Å². The van der Waals surface area contributed by atoms with Crippen molar-refractivity contribution in [1.29, 1.82) is 0 Å². The minimum Gasteiger partial charge on any atom is -0.478 e. The number of fused-ring (bicyclic) bond motifs is 1. The number of thioether (sulfide) groups is 1. The summed E-state index contributed by atoms with van der Waals surface area (Å²) in [5, 5.41) is 16.5. The quantitative estimate of drug-likeness (QED) is 0.328. The Hall–Kier alpha value is -2.61. The molecule has 2 aromatic carbocycles. The van der Waals surface area contributed by atoms with Gasteiger partial charge in [0.05, 0.1) is 16.3 Å². The van der Waals surface area contributed by atoms with E-state index in [0.29, 0.717) is 10.5 Å². The molecule has 4 rings (SSSR count). The molecule has 0 radical (unpaired) electrons. The summed E-state index contributed by atoms with van der Waals surface area (Å²) in [5.41, 5.74) is 3.10. The number of carboxylic acid groups (broad SMARTS) is 1. The number of hydrogen-bond acceptors (Lipinski definition) is 6. The molecule has 5 nitrogen and oxygen atoms in total. The van der Waals surface area contributed by atoms with Crippen LogP contribution < -0.4 is 5.32 Å². The molecule has 0 amide bonds. The molecule has 0 atom stereocenters. The zero-order valence-corrected chi connectivity index (χ0v) is 18.4. The van der Waals surface area contributed by atoms with Crippen LogP contribution in [0.2, 0.25) is 5.02 Å². The van der Waals surface area contributed by atoms with E-state index in [1.807, 2.05) is 23.8 Å². The molecule has 0 aliphatic carbocycles. The molecule has 30 heavy (non-hydrogen) atoms. The van der Waals surface area contributed by atoms with Gasteiger partial charge in [0.1, 0.15) is 12.1 Å². The van der Waals surface area contributed by atoms with E-state index in [0.717, 1.165) is 40.4 Å². The molecule has 8 heteroatoms. The summed E-state index contributed by atoms with van der Waals surface area (Å²) in [6.45, 7) is 0.720. The first-order valence-corrected chi connectivity index (χ1v) is 11.7. The lowest BCUT2D eigenvalue weighted by molar-refractivity contribution is 0.0693. The number of rotatable bonds is 7. The Bertz CT molecular complexity index is 1230. The van der Waals surface area contributed by atoms with Crippen molar-refractivity contribution in [3.05, 3.63) is 70.3 Å². The third kappa shape index (κ3) is 4.43. The number of thiophene rings is 1. The summed E-state index contributed by atoms with van der Waals surface area (Å²) >= 11 is 9.29. The van der Waals surface area contributed by atoms with Gasteiger partial charge in [0.25, 0.3) is 0 Å². The van der Waals surface area contributed by atoms with Gasteiger partial charge in [-0.1, -0.05) is 23.7 Å². The Kier molecular flexibility index (Phi) is 6.22. The van der Waals surface area contributed by atoms with E-state index in [9.17, 15) is 9.90 Å². The van der Waals surface area contributed by atoms with Gasteiger partial charge in [-0.2, -0.15) is 0 Å². The molecule has 0 unspecified atom stereocenters. The van der Waals surface area contributed by atoms with Crippen molar-refractivity contribution >= 4 is 56.6 Å². The molecule has 152 valence electrons. The molecule has 2 aromatic heterocycles. The van der Waals surface area contributed by atoms with E-state index in [1.54, 1.807) is 23.5 Å². The highest BCUT2D eigenvalue weighted by atomic mass is 35.5. The van der Waals surface area contributed by atoms with Crippen molar-refractivity contribution in [3.63, 3.8) is 0 Å². The summed E-state index contributed by atoms with van der Waals surface area (Å²) in [6.07, 6.45) is 4.21. The average molecular weight is 456 g/mol. The lowest BCUT2D eigenvalue weighted by Gasteiger charge is -2.09. The van der Waals surface area contributed by atoms with E-state index < -0.39 is 5.97 Å². The minimum absolute atomic E-state index is 0.293. The molecule has 0 saturated heterocycles. The van der Waals surface area contributed by atoms with Crippen molar-refractivity contribution < 1.29 is 9.90 Å². The fourth-order valence-electron chi connectivity index (χ4n) is 3.17. The Morgan fingerprint density at radius 3 is 2.87 bits per heavy atom. The van der Waals surface area contributed by atoms with Gasteiger partial charge in [0, 0.05) is 38.5 Å². The van der Waals surface area contributed by atoms with Crippen LogP contribution in [0.5, 0.6) is 0 Å². The largest absolute Gasteiger partial charge is 0.478 e. The molecule has 0 spiro atoms. The second-order valence-corrected chi connectivity index (χ2v) is 8.77. The maximum absolute atomic E-state index is 11.3. The highest BCUT2D eigenvalue weighted by molar-refractivity contribution is 7.98. The molecule has 2 heterocycles. The van der Waals surface area contributed by atoms with Gasteiger partial charge in [-0.15, -0.1) is 23.1 Å². The van der Waals surface area contributed by atoms with E-state index in [1.165, 1.54) is 28.4 Å². The van der Waals surface area contributed by atoms with Crippen LogP contribution >= 0.6 is 34.7 Å². The smallest absolute Gasteiger partial charge is 0.336 e. The van der Waals surface area contributed by atoms with E-state index in [-0.39, 0.29) is 0 Å². The molecule has 2 N–H and O–H groups in total. The Balaban J connectivity index is 1.46. The fraction of sp³-hybridized carbons (Fsp3) is 0.136. The Morgan fingerprint density at radius 2 is 2.07 bits per heavy atom. The Morgan fingerprint density at radius 1 is 1.20 bits per heavy atom. The fourth-order valence-corrected chi connectivity index (χ4v) is 4.94. The number of benzene rings is 2. The molecule has 0 aliphatic heterocycles. The lowest BCUT2D eigenvalue weighted by atomic mass is 10.1. The zero-order chi connectivity index (χ0) is 21.1. The number of nitrogens with zero attached hydrogens (tertiary/aromatic N) is 2. The second-order valence-electron chi connectivity index (χ2n) is 6.60. The lowest BCUT2D eigenvalue weighted by Crippen LogP contribution is -2.06. The predicted molar refractivity (Wildman–Crippen MR) is 125 cm³/mol. The molecule has 0 saturated carbocycles. The number of nitrogens with one attached hydrogen (secondary N) is 1. The molecule has 0 aliphatic rings. The normalized spacial score (nSPS) is 11.0. The maximum atomic E-state index is 11.3. The molecule has 0 fully saturated rings. The summed E-state index contributed by atoms with van der Waals surface area (Å²) < 4.78 is 1.19. The van der Waals surface area contributed by atoms with Crippen LogP contribution in [0.3, 0.4) is 0 Å². The van der Waals surface area contributed by atoms with Crippen molar-refractivity contribution in [3.8, 4) is 11.3 Å². The number of carbonyl (C=O) groups is 1. The van der Waals surface area contributed by atoms with E-state index in [2.05, 4.69) is 33.5 Å². The van der Waals surface area contributed by atoms with Crippen LogP contribution in [0.25, 0.3) is 21.3 Å². The monoisotopic (exact) mass is 455 g/mol. The molecular formula is C22H18ClN3O2S2. The van der Waals surface area contributed by atoms with Crippen molar-refractivity contribution in [2.45, 2.75) is 11.3 Å².